The minimum atomic E-state index is -0.0648. The lowest BCUT2D eigenvalue weighted by Gasteiger charge is -2.04. The van der Waals surface area contributed by atoms with Gasteiger partial charge in [0.2, 0.25) is 5.91 Å². The predicted molar refractivity (Wildman–Crippen MR) is 94.5 cm³/mol. The third-order valence-electron chi connectivity index (χ3n) is 3.57. The van der Waals surface area contributed by atoms with Gasteiger partial charge < -0.3 is 10.1 Å². The number of nitrogens with one attached hydrogen (secondary N) is 1. The first-order chi connectivity index (χ1) is 11.2. The first-order valence-electron chi connectivity index (χ1n) is 7.83. The topological polar surface area (TPSA) is 38.3 Å². The standard InChI is InChI=1S/C20H23NO2/c1-16-5-3-6-18(15-16)7-4-14-21-20(22)13-10-17-8-11-19(23-2)12-9-17/h3,5-6,8-13,15H,4,7,14H2,1-2H3,(H,21,22)/b13-10+. The van der Waals surface area contributed by atoms with Gasteiger partial charge in [-0.05, 0) is 49.1 Å². The summed E-state index contributed by atoms with van der Waals surface area (Å²) in [4.78, 5) is 11.8. The van der Waals surface area contributed by atoms with E-state index in [1.165, 1.54) is 11.1 Å². The number of methoxy groups -OCH3 is 1. The summed E-state index contributed by atoms with van der Waals surface area (Å²) in [5.74, 6) is 0.743. The largest absolute Gasteiger partial charge is 0.497 e. The Kier molecular flexibility index (Phi) is 6.42. The Balaban J connectivity index is 1.71. The van der Waals surface area contributed by atoms with Gasteiger partial charge in [-0.3, -0.25) is 4.79 Å². The molecule has 2 aromatic carbocycles. The predicted octanol–water partition coefficient (Wildman–Crippen LogP) is 3.77. The molecule has 0 aliphatic carbocycles. The Morgan fingerprint density at radius 2 is 1.96 bits per heavy atom. The molecule has 0 radical (unpaired) electrons. The van der Waals surface area contributed by atoms with E-state index in [-0.39, 0.29) is 5.91 Å². The summed E-state index contributed by atoms with van der Waals surface area (Å²) < 4.78 is 5.10. The van der Waals surface area contributed by atoms with Gasteiger partial charge >= 0.3 is 0 Å². The summed E-state index contributed by atoms with van der Waals surface area (Å²) in [5.41, 5.74) is 3.56. The number of benzene rings is 2. The van der Waals surface area contributed by atoms with Crippen LogP contribution in [-0.2, 0) is 11.2 Å². The number of carbonyl (C=O) groups excluding carboxylic acids is 1. The first kappa shape index (κ1) is 16.8. The Morgan fingerprint density at radius 1 is 1.17 bits per heavy atom. The molecule has 0 atom stereocenters. The van der Waals surface area contributed by atoms with Crippen LogP contribution in [0.25, 0.3) is 6.08 Å². The van der Waals surface area contributed by atoms with Crippen LogP contribution in [0.1, 0.15) is 23.1 Å². The van der Waals surface area contributed by atoms with E-state index in [2.05, 4.69) is 36.5 Å². The minimum absolute atomic E-state index is 0.0648. The molecule has 0 aromatic heterocycles. The second kappa shape index (κ2) is 8.79. The van der Waals surface area contributed by atoms with Crippen LogP contribution < -0.4 is 10.1 Å². The quantitative estimate of drug-likeness (QED) is 0.624. The van der Waals surface area contributed by atoms with Crippen molar-refractivity contribution in [1.82, 2.24) is 5.32 Å². The fourth-order valence-electron chi connectivity index (χ4n) is 2.32. The molecule has 1 N–H and O–H groups in total. The van der Waals surface area contributed by atoms with Crippen LogP contribution in [0, 0.1) is 6.92 Å². The second-order valence-corrected chi connectivity index (χ2v) is 5.49. The maximum atomic E-state index is 11.8. The molecule has 0 bridgehead atoms. The molecule has 0 saturated heterocycles. The van der Waals surface area contributed by atoms with Crippen molar-refractivity contribution in [3.05, 3.63) is 71.3 Å². The van der Waals surface area contributed by atoms with Gasteiger partial charge in [0.25, 0.3) is 0 Å². The van der Waals surface area contributed by atoms with Gasteiger partial charge in [-0.25, -0.2) is 0 Å². The molecule has 3 heteroatoms. The fourth-order valence-corrected chi connectivity index (χ4v) is 2.32. The molecule has 0 fully saturated rings. The van der Waals surface area contributed by atoms with Gasteiger partial charge in [-0.15, -0.1) is 0 Å². The molecule has 1 amide bonds. The zero-order valence-electron chi connectivity index (χ0n) is 13.7. The number of aryl methyl sites for hydroxylation is 2. The lowest BCUT2D eigenvalue weighted by Crippen LogP contribution is -2.22. The number of carbonyl (C=O) groups is 1. The lowest BCUT2D eigenvalue weighted by atomic mass is 10.1. The van der Waals surface area contributed by atoms with Crippen molar-refractivity contribution in [2.75, 3.05) is 13.7 Å². The molecule has 0 spiro atoms. The van der Waals surface area contributed by atoms with E-state index in [9.17, 15) is 4.79 Å². The van der Waals surface area contributed by atoms with Gasteiger partial charge in [-0.1, -0.05) is 42.0 Å². The van der Waals surface area contributed by atoms with E-state index in [0.29, 0.717) is 6.54 Å². The Labute approximate surface area is 138 Å². The summed E-state index contributed by atoms with van der Waals surface area (Å²) in [5, 5.41) is 2.91. The number of hydrogen-bond donors (Lipinski definition) is 1. The highest BCUT2D eigenvalue weighted by atomic mass is 16.5. The molecule has 3 nitrogen and oxygen atoms in total. The van der Waals surface area contributed by atoms with Crippen LogP contribution in [0.4, 0.5) is 0 Å². The number of rotatable bonds is 7. The number of hydrogen-bond acceptors (Lipinski definition) is 2. The first-order valence-corrected chi connectivity index (χ1v) is 7.83. The third kappa shape index (κ3) is 5.99. The Bertz CT molecular complexity index is 660. The zero-order chi connectivity index (χ0) is 16.5. The van der Waals surface area contributed by atoms with Crippen molar-refractivity contribution in [1.29, 1.82) is 0 Å². The number of ether oxygens (including phenoxy) is 1. The van der Waals surface area contributed by atoms with Crippen LogP contribution in [0.3, 0.4) is 0 Å². The summed E-state index contributed by atoms with van der Waals surface area (Å²) in [6, 6.07) is 16.1. The highest BCUT2D eigenvalue weighted by Gasteiger charge is 1.97. The van der Waals surface area contributed by atoms with Crippen LogP contribution in [0.2, 0.25) is 0 Å². The molecule has 23 heavy (non-hydrogen) atoms. The molecule has 2 aromatic rings. The van der Waals surface area contributed by atoms with Crippen molar-refractivity contribution in [2.24, 2.45) is 0 Å². The summed E-state index contributed by atoms with van der Waals surface area (Å²) in [6.07, 6.45) is 5.28. The molecule has 0 aliphatic heterocycles. The maximum absolute atomic E-state index is 11.8. The van der Waals surface area contributed by atoms with Gasteiger partial charge in [-0.2, -0.15) is 0 Å². The molecule has 120 valence electrons. The van der Waals surface area contributed by atoms with Crippen LogP contribution in [-0.4, -0.2) is 19.6 Å². The second-order valence-electron chi connectivity index (χ2n) is 5.49. The molecular weight excluding hydrogens is 286 g/mol. The minimum Gasteiger partial charge on any atom is -0.497 e. The summed E-state index contributed by atoms with van der Waals surface area (Å²) >= 11 is 0. The summed E-state index contributed by atoms with van der Waals surface area (Å²) in [7, 11) is 1.63. The smallest absolute Gasteiger partial charge is 0.243 e. The van der Waals surface area contributed by atoms with E-state index in [0.717, 1.165) is 24.2 Å². The van der Waals surface area contributed by atoms with Crippen LogP contribution in [0.15, 0.2) is 54.6 Å². The maximum Gasteiger partial charge on any atom is 0.243 e. The van der Waals surface area contributed by atoms with E-state index in [1.807, 2.05) is 24.3 Å². The van der Waals surface area contributed by atoms with E-state index < -0.39 is 0 Å². The van der Waals surface area contributed by atoms with Crippen molar-refractivity contribution < 1.29 is 9.53 Å². The average molecular weight is 309 g/mol. The fraction of sp³-hybridized carbons (Fsp3) is 0.250. The highest BCUT2D eigenvalue weighted by Crippen LogP contribution is 2.12. The van der Waals surface area contributed by atoms with Crippen molar-refractivity contribution in [2.45, 2.75) is 19.8 Å². The summed E-state index contributed by atoms with van der Waals surface area (Å²) in [6.45, 7) is 2.77. The van der Waals surface area contributed by atoms with Crippen molar-refractivity contribution >= 4 is 12.0 Å². The van der Waals surface area contributed by atoms with Crippen molar-refractivity contribution in [3.8, 4) is 5.75 Å². The van der Waals surface area contributed by atoms with E-state index in [1.54, 1.807) is 19.3 Å². The number of amides is 1. The van der Waals surface area contributed by atoms with Crippen LogP contribution in [0.5, 0.6) is 5.75 Å². The molecular formula is C20H23NO2. The van der Waals surface area contributed by atoms with E-state index in [4.69, 9.17) is 4.74 Å². The molecule has 2 rings (SSSR count). The van der Waals surface area contributed by atoms with Gasteiger partial charge in [0.1, 0.15) is 5.75 Å². The Morgan fingerprint density at radius 3 is 2.65 bits per heavy atom. The normalized spacial score (nSPS) is 10.7. The van der Waals surface area contributed by atoms with Gasteiger partial charge in [0, 0.05) is 12.6 Å². The van der Waals surface area contributed by atoms with Crippen molar-refractivity contribution in [3.63, 3.8) is 0 Å². The van der Waals surface area contributed by atoms with E-state index >= 15 is 0 Å². The highest BCUT2D eigenvalue weighted by molar-refractivity contribution is 5.91. The monoisotopic (exact) mass is 309 g/mol. The third-order valence-corrected chi connectivity index (χ3v) is 3.57. The SMILES string of the molecule is COc1ccc(/C=C/C(=O)NCCCc2cccc(C)c2)cc1. The molecule has 0 saturated carbocycles. The Hall–Kier alpha value is -2.55. The molecule has 0 heterocycles. The average Bonchev–Trinajstić information content (AvgIpc) is 2.57. The van der Waals surface area contributed by atoms with Crippen LogP contribution >= 0.6 is 0 Å². The molecule has 0 aliphatic rings. The zero-order valence-corrected chi connectivity index (χ0v) is 13.7. The van der Waals surface area contributed by atoms with Gasteiger partial charge in [0.15, 0.2) is 0 Å². The lowest BCUT2D eigenvalue weighted by molar-refractivity contribution is -0.116. The molecule has 0 unspecified atom stereocenters. The van der Waals surface area contributed by atoms with Gasteiger partial charge in [0.05, 0.1) is 7.11 Å².